The fourth-order valence-corrected chi connectivity index (χ4v) is 3.72. The molecular weight excluding hydrogens is 238 g/mol. The van der Waals surface area contributed by atoms with Crippen LogP contribution in [0.5, 0.6) is 0 Å². The molecule has 3 nitrogen and oxygen atoms in total. The van der Waals surface area contributed by atoms with Gasteiger partial charge in [-0.05, 0) is 37.5 Å². The maximum atomic E-state index is 12.2. The summed E-state index contributed by atoms with van der Waals surface area (Å²) in [4.78, 5) is 12.2. The number of carbonyl (C=O) groups is 1. The Kier molecular flexibility index (Phi) is 6.15. The highest BCUT2D eigenvalue weighted by atomic mass is 16.3. The van der Waals surface area contributed by atoms with Gasteiger partial charge < -0.3 is 10.4 Å². The highest BCUT2D eigenvalue weighted by Gasteiger charge is 2.27. The SMILES string of the molecule is O=C(NCC1CCCC1CO)C1CCCCCCC1. The first kappa shape index (κ1) is 14.8. The maximum Gasteiger partial charge on any atom is 0.223 e. The Hall–Kier alpha value is -0.570. The van der Waals surface area contributed by atoms with Crippen LogP contribution in [0.25, 0.3) is 0 Å². The smallest absolute Gasteiger partial charge is 0.223 e. The van der Waals surface area contributed by atoms with E-state index >= 15 is 0 Å². The van der Waals surface area contributed by atoms with Crippen LogP contribution in [0, 0.1) is 17.8 Å². The number of aliphatic hydroxyl groups excluding tert-OH is 1. The van der Waals surface area contributed by atoms with Crippen LogP contribution < -0.4 is 5.32 Å². The molecule has 2 N–H and O–H groups in total. The number of amides is 1. The van der Waals surface area contributed by atoms with Gasteiger partial charge in [0.2, 0.25) is 5.91 Å². The summed E-state index contributed by atoms with van der Waals surface area (Å²) in [5, 5.41) is 12.5. The monoisotopic (exact) mass is 267 g/mol. The summed E-state index contributed by atoms with van der Waals surface area (Å²) in [5.41, 5.74) is 0. The molecule has 2 saturated carbocycles. The Morgan fingerprint density at radius 1 is 0.895 bits per heavy atom. The average molecular weight is 267 g/mol. The fraction of sp³-hybridized carbons (Fsp3) is 0.938. The Morgan fingerprint density at radius 3 is 2.21 bits per heavy atom. The summed E-state index contributed by atoms with van der Waals surface area (Å²) in [6.45, 7) is 1.06. The van der Waals surface area contributed by atoms with Gasteiger partial charge in [-0.15, -0.1) is 0 Å². The minimum Gasteiger partial charge on any atom is -0.396 e. The van der Waals surface area contributed by atoms with E-state index in [9.17, 15) is 9.90 Å². The second-order valence-electron chi connectivity index (χ2n) is 6.42. The summed E-state index contributed by atoms with van der Waals surface area (Å²) < 4.78 is 0. The van der Waals surface area contributed by atoms with Gasteiger partial charge in [0.1, 0.15) is 0 Å². The molecule has 2 aliphatic rings. The van der Waals surface area contributed by atoms with Crippen molar-refractivity contribution in [3.05, 3.63) is 0 Å². The van der Waals surface area contributed by atoms with Gasteiger partial charge in [-0.2, -0.15) is 0 Å². The van der Waals surface area contributed by atoms with Crippen molar-refractivity contribution >= 4 is 5.91 Å². The lowest BCUT2D eigenvalue weighted by atomic mass is 9.90. The molecule has 0 aromatic heterocycles. The molecule has 0 aromatic carbocycles. The summed E-state index contributed by atoms with van der Waals surface area (Å²) in [7, 11) is 0. The van der Waals surface area contributed by atoms with Crippen molar-refractivity contribution in [3.8, 4) is 0 Å². The number of nitrogens with one attached hydrogen (secondary N) is 1. The van der Waals surface area contributed by atoms with Gasteiger partial charge in [0.05, 0.1) is 0 Å². The molecule has 2 aliphatic carbocycles. The third kappa shape index (κ3) is 4.48. The van der Waals surface area contributed by atoms with Crippen molar-refractivity contribution in [1.29, 1.82) is 0 Å². The molecule has 3 heteroatoms. The number of carbonyl (C=O) groups excluding carboxylic acids is 1. The van der Waals surface area contributed by atoms with E-state index in [4.69, 9.17) is 0 Å². The number of hydrogen-bond donors (Lipinski definition) is 2. The lowest BCUT2D eigenvalue weighted by molar-refractivity contribution is -0.125. The van der Waals surface area contributed by atoms with Crippen LogP contribution in [0.1, 0.15) is 64.2 Å². The zero-order valence-electron chi connectivity index (χ0n) is 12.1. The predicted octanol–water partition coefficient (Wildman–Crippen LogP) is 2.87. The van der Waals surface area contributed by atoms with E-state index < -0.39 is 0 Å². The first-order valence-corrected chi connectivity index (χ1v) is 8.20. The summed E-state index contributed by atoms with van der Waals surface area (Å²) in [5.74, 6) is 1.43. The standard InChI is InChI=1S/C16H29NO2/c18-12-15-10-6-9-14(15)11-17-16(19)13-7-4-2-1-3-5-8-13/h13-15,18H,1-12H2,(H,17,19). The van der Waals surface area contributed by atoms with E-state index in [0.717, 1.165) is 32.2 Å². The molecule has 0 aromatic rings. The van der Waals surface area contributed by atoms with Crippen LogP contribution >= 0.6 is 0 Å². The third-order valence-corrected chi connectivity index (χ3v) is 5.07. The molecule has 0 saturated heterocycles. The normalized spacial score (nSPS) is 29.7. The largest absolute Gasteiger partial charge is 0.396 e. The Bertz CT molecular complexity index is 272. The predicted molar refractivity (Wildman–Crippen MR) is 76.7 cm³/mol. The first-order chi connectivity index (χ1) is 9.31. The van der Waals surface area contributed by atoms with Crippen LogP contribution in [-0.4, -0.2) is 24.2 Å². The minimum absolute atomic E-state index is 0.245. The lowest BCUT2D eigenvalue weighted by Crippen LogP contribution is -2.36. The van der Waals surface area contributed by atoms with E-state index in [1.54, 1.807) is 0 Å². The van der Waals surface area contributed by atoms with E-state index in [2.05, 4.69) is 5.32 Å². The summed E-state index contributed by atoms with van der Waals surface area (Å²) >= 11 is 0. The molecule has 2 atom stereocenters. The molecule has 110 valence electrons. The van der Waals surface area contributed by atoms with Crippen molar-refractivity contribution in [2.75, 3.05) is 13.2 Å². The van der Waals surface area contributed by atoms with Gasteiger partial charge in [0.25, 0.3) is 0 Å². The van der Waals surface area contributed by atoms with Gasteiger partial charge in [0.15, 0.2) is 0 Å². The second-order valence-corrected chi connectivity index (χ2v) is 6.42. The average Bonchev–Trinajstić information content (AvgIpc) is 2.83. The van der Waals surface area contributed by atoms with Crippen LogP contribution in [0.2, 0.25) is 0 Å². The number of rotatable bonds is 4. The zero-order valence-corrected chi connectivity index (χ0v) is 12.1. The van der Waals surface area contributed by atoms with Crippen molar-refractivity contribution in [3.63, 3.8) is 0 Å². The van der Waals surface area contributed by atoms with Gasteiger partial charge in [-0.1, -0.05) is 38.5 Å². The van der Waals surface area contributed by atoms with Crippen molar-refractivity contribution < 1.29 is 9.90 Å². The lowest BCUT2D eigenvalue weighted by Gasteiger charge is -2.22. The molecule has 2 rings (SSSR count). The van der Waals surface area contributed by atoms with E-state index in [1.165, 1.54) is 38.5 Å². The van der Waals surface area contributed by atoms with Crippen molar-refractivity contribution in [2.45, 2.75) is 64.2 Å². The van der Waals surface area contributed by atoms with Gasteiger partial charge in [-0.25, -0.2) is 0 Å². The molecule has 19 heavy (non-hydrogen) atoms. The van der Waals surface area contributed by atoms with Gasteiger partial charge in [-0.3, -0.25) is 4.79 Å². The second kappa shape index (κ2) is 7.88. The van der Waals surface area contributed by atoms with Crippen molar-refractivity contribution in [2.24, 2.45) is 17.8 Å². The number of aliphatic hydroxyl groups is 1. The minimum atomic E-state index is 0.245. The molecule has 2 unspecified atom stereocenters. The molecule has 0 heterocycles. The maximum absolute atomic E-state index is 12.2. The molecule has 1 amide bonds. The topological polar surface area (TPSA) is 49.3 Å². The quantitative estimate of drug-likeness (QED) is 0.823. The van der Waals surface area contributed by atoms with Gasteiger partial charge >= 0.3 is 0 Å². The summed E-state index contributed by atoms with van der Waals surface area (Å²) in [6, 6.07) is 0. The van der Waals surface area contributed by atoms with E-state index in [-0.39, 0.29) is 18.4 Å². The molecule has 0 radical (unpaired) electrons. The van der Waals surface area contributed by atoms with Crippen LogP contribution in [0.15, 0.2) is 0 Å². The molecule has 2 fully saturated rings. The molecular formula is C16H29NO2. The Morgan fingerprint density at radius 2 is 1.53 bits per heavy atom. The first-order valence-electron chi connectivity index (χ1n) is 8.20. The fourth-order valence-electron chi connectivity index (χ4n) is 3.72. The Balaban J connectivity index is 1.73. The molecule has 0 bridgehead atoms. The van der Waals surface area contributed by atoms with Crippen LogP contribution in [0.3, 0.4) is 0 Å². The molecule has 0 aliphatic heterocycles. The third-order valence-electron chi connectivity index (χ3n) is 5.07. The van der Waals surface area contributed by atoms with Crippen LogP contribution in [0.4, 0.5) is 0 Å². The molecule has 0 spiro atoms. The highest BCUT2D eigenvalue weighted by molar-refractivity contribution is 5.78. The van der Waals surface area contributed by atoms with E-state index in [0.29, 0.717) is 11.8 Å². The highest BCUT2D eigenvalue weighted by Crippen LogP contribution is 2.31. The number of hydrogen-bond acceptors (Lipinski definition) is 2. The van der Waals surface area contributed by atoms with Crippen molar-refractivity contribution in [1.82, 2.24) is 5.32 Å². The van der Waals surface area contributed by atoms with E-state index in [1.807, 2.05) is 0 Å². The summed E-state index contributed by atoms with van der Waals surface area (Å²) in [6.07, 6.45) is 12.0. The van der Waals surface area contributed by atoms with Gasteiger partial charge in [0, 0.05) is 19.1 Å². The van der Waals surface area contributed by atoms with Crippen LogP contribution in [-0.2, 0) is 4.79 Å². The zero-order chi connectivity index (χ0) is 13.5. The Labute approximate surface area is 117 Å².